The molecule has 0 fully saturated rings. The Morgan fingerprint density at radius 2 is 1.81 bits per heavy atom. The molecule has 4 aromatic rings. The molecule has 2 N–H and O–H groups in total. The third kappa shape index (κ3) is 3.31. The fourth-order valence-electron chi connectivity index (χ4n) is 2.94. The second kappa shape index (κ2) is 7.23. The number of benzene rings is 2. The predicted molar refractivity (Wildman–Crippen MR) is 107 cm³/mol. The van der Waals surface area contributed by atoms with Crippen molar-refractivity contribution < 1.29 is 5.11 Å². The minimum Gasteiger partial charge on any atom is -0.387 e. The summed E-state index contributed by atoms with van der Waals surface area (Å²) >= 11 is 1.60. The topological polar surface area (TPSA) is 58.0 Å². The van der Waals surface area contributed by atoms with Crippen LogP contribution in [-0.4, -0.2) is 21.6 Å². The van der Waals surface area contributed by atoms with Crippen LogP contribution in [0.4, 0.5) is 5.82 Å². The van der Waals surface area contributed by atoms with E-state index in [1.807, 2.05) is 30.3 Å². The quantitative estimate of drug-likeness (QED) is 0.535. The number of rotatable bonds is 5. The monoisotopic (exact) mass is 361 g/mol. The highest BCUT2D eigenvalue weighted by Gasteiger charge is 2.14. The largest absolute Gasteiger partial charge is 0.387 e. The molecule has 4 rings (SSSR count). The highest BCUT2D eigenvalue weighted by Crippen LogP contribution is 2.36. The summed E-state index contributed by atoms with van der Waals surface area (Å²) in [5, 5.41) is 16.8. The van der Waals surface area contributed by atoms with Gasteiger partial charge in [-0.1, -0.05) is 60.2 Å². The maximum absolute atomic E-state index is 10.4. The van der Waals surface area contributed by atoms with Gasteiger partial charge in [-0.15, -0.1) is 11.3 Å². The van der Waals surface area contributed by atoms with Crippen LogP contribution >= 0.6 is 11.3 Å². The first-order valence-electron chi connectivity index (χ1n) is 8.48. The molecule has 0 spiro atoms. The first-order valence-corrected chi connectivity index (χ1v) is 9.36. The molecule has 0 unspecified atom stereocenters. The lowest BCUT2D eigenvalue weighted by molar-refractivity contribution is 0.191. The first-order chi connectivity index (χ1) is 12.7. The summed E-state index contributed by atoms with van der Waals surface area (Å²) in [6.45, 7) is 2.47. The molecule has 0 saturated heterocycles. The Morgan fingerprint density at radius 3 is 2.58 bits per heavy atom. The number of anilines is 1. The van der Waals surface area contributed by atoms with Gasteiger partial charge in [0.1, 0.15) is 17.0 Å². The summed E-state index contributed by atoms with van der Waals surface area (Å²) in [5.74, 6) is 0.752. The van der Waals surface area contributed by atoms with E-state index in [1.165, 1.54) is 5.56 Å². The SMILES string of the molecule is Cc1ccc(-c2csc3ncnc(NC[C@@H](O)c4ccccc4)c23)cc1. The van der Waals surface area contributed by atoms with Crippen LogP contribution in [0.25, 0.3) is 21.3 Å². The van der Waals surface area contributed by atoms with E-state index in [1.54, 1.807) is 17.7 Å². The van der Waals surface area contributed by atoms with Gasteiger partial charge >= 0.3 is 0 Å². The van der Waals surface area contributed by atoms with Crippen LogP contribution in [0.1, 0.15) is 17.2 Å². The lowest BCUT2D eigenvalue weighted by Crippen LogP contribution is -2.13. The number of fused-ring (bicyclic) bond motifs is 1. The van der Waals surface area contributed by atoms with Gasteiger partial charge in [-0.3, -0.25) is 0 Å². The van der Waals surface area contributed by atoms with E-state index in [0.29, 0.717) is 6.54 Å². The lowest BCUT2D eigenvalue weighted by atomic mass is 10.0. The average Bonchev–Trinajstić information content (AvgIpc) is 3.12. The van der Waals surface area contributed by atoms with Crippen LogP contribution in [0.2, 0.25) is 0 Å². The van der Waals surface area contributed by atoms with E-state index in [9.17, 15) is 5.11 Å². The van der Waals surface area contributed by atoms with E-state index < -0.39 is 6.10 Å². The van der Waals surface area contributed by atoms with Crippen molar-refractivity contribution in [3.63, 3.8) is 0 Å². The molecule has 0 bridgehead atoms. The summed E-state index contributed by atoms with van der Waals surface area (Å²) in [5.41, 5.74) is 4.37. The standard InChI is InChI=1S/C21H19N3OS/c1-14-7-9-15(10-8-14)17-12-26-21-19(17)20(23-13-24-21)22-11-18(25)16-5-3-2-4-6-16/h2-10,12-13,18,25H,11H2,1H3,(H,22,23,24)/t18-/m1/s1. The summed E-state index contributed by atoms with van der Waals surface area (Å²) in [4.78, 5) is 9.75. The van der Waals surface area contributed by atoms with Gasteiger partial charge in [0.25, 0.3) is 0 Å². The second-order valence-corrected chi connectivity index (χ2v) is 7.08. The van der Waals surface area contributed by atoms with Crippen LogP contribution in [0.3, 0.4) is 0 Å². The number of nitrogens with one attached hydrogen (secondary N) is 1. The minimum absolute atomic E-state index is 0.388. The molecule has 26 heavy (non-hydrogen) atoms. The van der Waals surface area contributed by atoms with Crippen molar-refractivity contribution in [2.24, 2.45) is 0 Å². The smallest absolute Gasteiger partial charge is 0.138 e. The molecule has 2 heterocycles. The average molecular weight is 361 g/mol. The molecule has 4 nitrogen and oxygen atoms in total. The number of nitrogens with zero attached hydrogens (tertiary/aromatic N) is 2. The zero-order valence-electron chi connectivity index (χ0n) is 14.4. The molecule has 130 valence electrons. The van der Waals surface area contributed by atoms with Crippen LogP contribution in [0.15, 0.2) is 66.3 Å². The van der Waals surface area contributed by atoms with Crippen molar-refractivity contribution in [2.75, 3.05) is 11.9 Å². The maximum atomic E-state index is 10.4. The molecule has 0 aliphatic carbocycles. The molecule has 0 aliphatic rings. The van der Waals surface area contributed by atoms with Crippen molar-refractivity contribution in [2.45, 2.75) is 13.0 Å². The number of hydrogen-bond donors (Lipinski definition) is 2. The normalized spacial score (nSPS) is 12.2. The van der Waals surface area contributed by atoms with E-state index in [4.69, 9.17) is 0 Å². The molecule has 0 radical (unpaired) electrons. The number of aliphatic hydroxyl groups is 1. The molecular weight excluding hydrogens is 342 g/mol. The summed E-state index contributed by atoms with van der Waals surface area (Å²) in [6, 6.07) is 18.1. The first kappa shape index (κ1) is 16.7. The second-order valence-electron chi connectivity index (χ2n) is 6.23. The number of aryl methyl sites for hydroxylation is 1. The van der Waals surface area contributed by atoms with Crippen LogP contribution < -0.4 is 5.32 Å². The number of aromatic nitrogens is 2. The molecule has 0 aliphatic heterocycles. The Balaban J connectivity index is 1.65. The lowest BCUT2D eigenvalue weighted by Gasteiger charge is -2.13. The Morgan fingerprint density at radius 1 is 1.04 bits per heavy atom. The third-order valence-electron chi connectivity index (χ3n) is 4.38. The van der Waals surface area contributed by atoms with Gasteiger partial charge in [0.2, 0.25) is 0 Å². The Hall–Kier alpha value is -2.76. The number of hydrogen-bond acceptors (Lipinski definition) is 5. The van der Waals surface area contributed by atoms with Crippen molar-refractivity contribution in [3.8, 4) is 11.1 Å². The van der Waals surface area contributed by atoms with Crippen molar-refractivity contribution in [3.05, 3.63) is 77.4 Å². The molecule has 5 heteroatoms. The van der Waals surface area contributed by atoms with E-state index in [0.717, 1.165) is 32.7 Å². The van der Waals surface area contributed by atoms with Gasteiger partial charge in [0, 0.05) is 17.5 Å². The summed E-state index contributed by atoms with van der Waals surface area (Å²) in [7, 11) is 0. The van der Waals surface area contributed by atoms with Gasteiger partial charge < -0.3 is 10.4 Å². The van der Waals surface area contributed by atoms with Gasteiger partial charge in [0.15, 0.2) is 0 Å². The van der Waals surface area contributed by atoms with E-state index in [-0.39, 0.29) is 0 Å². The van der Waals surface area contributed by atoms with Crippen LogP contribution in [0, 0.1) is 6.92 Å². The van der Waals surface area contributed by atoms with E-state index >= 15 is 0 Å². The zero-order valence-corrected chi connectivity index (χ0v) is 15.2. The van der Waals surface area contributed by atoms with Gasteiger partial charge in [-0.2, -0.15) is 0 Å². The van der Waals surface area contributed by atoms with Gasteiger partial charge in [-0.25, -0.2) is 9.97 Å². The predicted octanol–water partition coefficient (Wildman–Crippen LogP) is 4.81. The molecular formula is C21H19N3OS. The summed E-state index contributed by atoms with van der Waals surface area (Å²) < 4.78 is 0. The molecule has 1 atom stereocenters. The van der Waals surface area contributed by atoms with Crippen molar-refractivity contribution in [1.82, 2.24) is 9.97 Å². The van der Waals surface area contributed by atoms with Crippen LogP contribution in [0.5, 0.6) is 0 Å². The Kier molecular flexibility index (Phi) is 4.65. The fraction of sp³-hybridized carbons (Fsp3) is 0.143. The Labute approximate surface area is 156 Å². The maximum Gasteiger partial charge on any atom is 0.138 e. The fourth-order valence-corrected chi connectivity index (χ4v) is 3.86. The van der Waals surface area contributed by atoms with Crippen molar-refractivity contribution >= 4 is 27.4 Å². The number of thiophene rings is 1. The third-order valence-corrected chi connectivity index (χ3v) is 5.27. The Bertz CT molecular complexity index is 1010. The van der Waals surface area contributed by atoms with E-state index in [2.05, 4.69) is 51.9 Å². The highest BCUT2D eigenvalue weighted by molar-refractivity contribution is 7.17. The van der Waals surface area contributed by atoms with Crippen molar-refractivity contribution in [1.29, 1.82) is 0 Å². The molecule has 0 saturated carbocycles. The zero-order chi connectivity index (χ0) is 17.9. The summed E-state index contributed by atoms with van der Waals surface area (Å²) in [6.07, 6.45) is 0.970. The van der Waals surface area contributed by atoms with Gasteiger partial charge in [0.05, 0.1) is 11.5 Å². The minimum atomic E-state index is -0.595. The van der Waals surface area contributed by atoms with Gasteiger partial charge in [-0.05, 0) is 18.1 Å². The highest BCUT2D eigenvalue weighted by atomic mass is 32.1. The molecule has 2 aromatic carbocycles. The van der Waals surface area contributed by atoms with Crippen LogP contribution in [-0.2, 0) is 0 Å². The number of aliphatic hydroxyl groups excluding tert-OH is 1. The molecule has 2 aromatic heterocycles. The molecule has 0 amide bonds.